The van der Waals surface area contributed by atoms with Crippen LogP contribution in [0.25, 0.3) is 0 Å². The van der Waals surface area contributed by atoms with Crippen LogP contribution in [0.5, 0.6) is 0 Å². The Morgan fingerprint density at radius 1 is 1.22 bits per heavy atom. The van der Waals surface area contributed by atoms with E-state index in [4.69, 9.17) is 5.41 Å². The fourth-order valence-corrected chi connectivity index (χ4v) is 0. The molecule has 61 valence electrons. The molecule has 0 aromatic rings. The van der Waals surface area contributed by atoms with Gasteiger partial charge in [0, 0.05) is 0 Å². The van der Waals surface area contributed by atoms with E-state index in [0.29, 0.717) is 0 Å². The van der Waals surface area contributed by atoms with Crippen molar-refractivity contribution in [1.82, 2.24) is 6.15 Å². The van der Waals surface area contributed by atoms with E-state index in [1.54, 1.807) is 5.16 Å². The zero-order chi connectivity index (χ0) is 7.21. The minimum atomic E-state index is -0.780. The van der Waals surface area contributed by atoms with Gasteiger partial charge in [-0.1, -0.05) is 0 Å². The molecule has 0 saturated carbocycles. The van der Waals surface area contributed by atoms with Gasteiger partial charge in [-0.25, -0.2) is 5.41 Å². The van der Waals surface area contributed by atoms with Crippen LogP contribution in [0.3, 0.4) is 0 Å². The molecular formula is C5H16N2RhS. The van der Waals surface area contributed by atoms with Crippen molar-refractivity contribution >= 4 is 17.4 Å². The van der Waals surface area contributed by atoms with Gasteiger partial charge < -0.3 is 6.15 Å². The van der Waals surface area contributed by atoms with Crippen LogP contribution < -0.4 is 6.15 Å². The van der Waals surface area contributed by atoms with Crippen LogP contribution in [0.15, 0.2) is 0 Å². The van der Waals surface area contributed by atoms with Gasteiger partial charge in [0.15, 0.2) is 0 Å². The number of hydrogen-bond donors (Lipinski definition) is 2. The molecule has 0 atom stereocenters. The van der Waals surface area contributed by atoms with Crippen LogP contribution in [-0.2, 0) is 14.8 Å². The van der Waals surface area contributed by atoms with Crippen molar-refractivity contribution in [2.45, 2.75) is 22.1 Å². The van der Waals surface area contributed by atoms with Gasteiger partial charge >= 0.3 is 36.8 Å². The molecule has 0 aliphatic heterocycles. The molecule has 0 amide bonds. The van der Waals surface area contributed by atoms with Gasteiger partial charge in [0.05, 0.1) is 5.16 Å². The fraction of sp³-hybridized carbons (Fsp3) is 0.800. The first kappa shape index (κ1) is 16.2. The first-order chi connectivity index (χ1) is 3.41. The van der Waals surface area contributed by atoms with E-state index in [9.17, 15) is 0 Å². The van der Waals surface area contributed by atoms with E-state index >= 15 is 0 Å². The molecule has 0 fully saturated rings. The van der Waals surface area contributed by atoms with Crippen LogP contribution in [-0.4, -0.2) is 5.16 Å². The van der Waals surface area contributed by atoms with Crippen molar-refractivity contribution in [3.05, 3.63) is 0 Å². The molecule has 0 aliphatic rings. The quantitative estimate of drug-likeness (QED) is 0.387. The van der Waals surface area contributed by atoms with Crippen molar-refractivity contribution in [2.75, 3.05) is 0 Å². The van der Waals surface area contributed by atoms with Crippen molar-refractivity contribution < 1.29 is 14.8 Å². The summed E-state index contributed by atoms with van der Waals surface area (Å²) in [6.07, 6.45) is 0. The zero-order valence-electron chi connectivity index (χ0n) is 6.45. The number of rotatable bonds is 0. The van der Waals surface area contributed by atoms with Crippen molar-refractivity contribution in [3.8, 4) is 0 Å². The van der Waals surface area contributed by atoms with E-state index in [0.717, 1.165) is 0 Å². The Balaban J connectivity index is -0.0000000800. The molecule has 0 heterocycles. The Hall–Kier alpha value is 0.383. The summed E-state index contributed by atoms with van der Waals surface area (Å²) in [5.74, 6) is 0. The van der Waals surface area contributed by atoms with Gasteiger partial charge in [-0.05, 0) is 12.2 Å². The van der Waals surface area contributed by atoms with Crippen LogP contribution in [0, 0.1) is 5.41 Å². The van der Waals surface area contributed by atoms with Gasteiger partial charge in [0.25, 0.3) is 0 Å². The molecule has 4 N–H and O–H groups in total. The maximum absolute atomic E-state index is 5.77. The molecule has 0 unspecified atom stereocenters. The number of thiocarbonyl (C=S) groups is 1. The van der Waals surface area contributed by atoms with Gasteiger partial charge in [-0.2, -0.15) is 0 Å². The van der Waals surface area contributed by atoms with E-state index in [-0.39, 0.29) is 6.15 Å². The van der Waals surface area contributed by atoms with Crippen LogP contribution in [0.4, 0.5) is 0 Å². The predicted octanol–water partition coefficient (Wildman–Crippen LogP) is 3.16. The molecule has 0 bridgehead atoms. The third-order valence-corrected chi connectivity index (χ3v) is 0. The van der Waals surface area contributed by atoms with Crippen LogP contribution >= 0.6 is 12.2 Å². The topological polar surface area (TPSA) is 58.9 Å². The van der Waals surface area contributed by atoms with Gasteiger partial charge in [0.2, 0.25) is 0 Å². The first-order valence-corrected chi connectivity index (χ1v) is 8.75. The third kappa shape index (κ3) is 2320. The van der Waals surface area contributed by atoms with Crippen LogP contribution in [0.1, 0.15) is 0 Å². The van der Waals surface area contributed by atoms with Crippen LogP contribution in [0.2, 0.25) is 22.1 Å². The van der Waals surface area contributed by atoms with Gasteiger partial charge in [-0.15, -0.1) is 0 Å². The molecule has 0 rings (SSSR count). The van der Waals surface area contributed by atoms with Gasteiger partial charge in [0.1, 0.15) is 0 Å². The van der Waals surface area contributed by atoms with E-state index in [2.05, 4.69) is 34.3 Å². The summed E-state index contributed by atoms with van der Waals surface area (Å²) in [4.78, 5) is 0. The summed E-state index contributed by atoms with van der Waals surface area (Å²) in [7, 11) is 0. The Labute approximate surface area is 65.9 Å². The molecule has 0 aromatic carbocycles. The maximum atomic E-state index is 5.77. The Morgan fingerprint density at radius 2 is 1.22 bits per heavy atom. The third-order valence-electron chi connectivity index (χ3n) is 0. The molecule has 0 spiro atoms. The van der Waals surface area contributed by atoms with Crippen molar-refractivity contribution in [1.29, 1.82) is 5.41 Å². The van der Waals surface area contributed by atoms with E-state index in [1.165, 1.54) is 0 Å². The molecular weight excluding hydrogens is 223 g/mol. The van der Waals surface area contributed by atoms with E-state index in [1.807, 2.05) is 0 Å². The fourth-order valence-electron chi connectivity index (χ4n) is 0. The molecule has 0 saturated heterocycles. The Morgan fingerprint density at radius 3 is 1.22 bits per heavy atom. The molecule has 0 radical (unpaired) electrons. The monoisotopic (exact) mass is 239 g/mol. The standard InChI is InChI=1S/CHNS.4CH3.H3N.Rh/c2-1-3;;;;;;/h2H;5*1H3;. The van der Waals surface area contributed by atoms with E-state index < -0.39 is 14.8 Å². The second kappa shape index (κ2) is 8.38. The summed E-state index contributed by atoms with van der Waals surface area (Å²) in [5, 5.41) is 7.36. The number of hydrogen-bond acceptors (Lipinski definition) is 3. The molecule has 9 heavy (non-hydrogen) atoms. The number of isothiocyanates is 1. The normalized spacial score (nSPS) is 9.33. The summed E-state index contributed by atoms with van der Waals surface area (Å²) in [5.41, 5.74) is 9.39. The molecule has 2 nitrogen and oxygen atoms in total. The summed E-state index contributed by atoms with van der Waals surface area (Å²) in [6.45, 7) is 0. The van der Waals surface area contributed by atoms with Crippen molar-refractivity contribution in [2.24, 2.45) is 0 Å². The minimum absolute atomic E-state index is 0. The summed E-state index contributed by atoms with van der Waals surface area (Å²) < 4.78 is 0. The summed E-state index contributed by atoms with van der Waals surface area (Å²) >= 11 is 3.03. The van der Waals surface area contributed by atoms with Crippen molar-refractivity contribution in [3.63, 3.8) is 0 Å². The first-order valence-electron chi connectivity index (χ1n) is 1.79. The van der Waals surface area contributed by atoms with Gasteiger partial charge in [-0.3, -0.25) is 0 Å². The average Bonchev–Trinajstić information content (AvgIpc) is 1.27. The summed E-state index contributed by atoms with van der Waals surface area (Å²) in [6, 6.07) is 0. The SMILES string of the molecule is N.N=C=S.[CH3][Rh]([CH3])([CH3])[CH3]. The molecule has 0 aromatic heterocycles. The zero-order valence-corrected chi connectivity index (χ0v) is 8.90. The second-order valence-electron chi connectivity index (χ2n) is 2.10. The Bertz CT molecular complexity index is 75.4. The molecule has 0 aliphatic carbocycles. The predicted molar refractivity (Wildman–Crippen MR) is 43.8 cm³/mol. The average molecular weight is 239 g/mol. The second-order valence-corrected chi connectivity index (χ2v) is 12.1. The Kier molecular flexibility index (Phi) is 15.1. The number of nitrogens with one attached hydrogen (secondary N) is 1. The molecule has 4 heteroatoms.